The molecule has 0 aliphatic carbocycles. The van der Waals surface area contributed by atoms with Crippen LogP contribution in [0.4, 0.5) is 22.4 Å². The summed E-state index contributed by atoms with van der Waals surface area (Å²) in [5, 5.41) is 0. The first-order valence-electron chi connectivity index (χ1n) is 4.10. The van der Waals surface area contributed by atoms with Crippen LogP contribution in [0.15, 0.2) is 24.3 Å². The number of carbonyl (C=O) groups excluding carboxylic acids is 1. The molecule has 0 bridgehead atoms. The Labute approximate surface area is 116 Å². The number of alkyl halides is 3. The summed E-state index contributed by atoms with van der Waals surface area (Å²) < 4.78 is 75.9. The fourth-order valence-corrected chi connectivity index (χ4v) is 1.06. The first-order valence-corrected chi connectivity index (χ1v) is 5.51. The van der Waals surface area contributed by atoms with Crippen LogP contribution in [-0.2, 0) is 14.3 Å². The van der Waals surface area contributed by atoms with Crippen molar-refractivity contribution < 1.29 is 39.7 Å². The molecule has 0 saturated carbocycles. The van der Waals surface area contributed by atoms with Gasteiger partial charge in [0.2, 0.25) is 0 Å². The van der Waals surface area contributed by atoms with Crippen molar-refractivity contribution in [2.75, 3.05) is 0 Å². The molecule has 0 heterocycles. The zero-order valence-electron chi connectivity index (χ0n) is 8.27. The molecule has 0 radical (unpaired) electrons. The summed E-state index contributed by atoms with van der Waals surface area (Å²) in [7, 11) is -6.07. The zero-order valence-corrected chi connectivity index (χ0v) is 9.09. The molecule has 0 aliphatic heterocycles. The van der Waals surface area contributed by atoms with Crippen molar-refractivity contribution >= 4 is 35.1 Å². The normalized spacial score (nSPS) is 11.4. The van der Waals surface area contributed by atoms with Crippen molar-refractivity contribution in [2.24, 2.45) is 0 Å². The van der Waals surface area contributed by atoms with Gasteiger partial charge in [0.25, 0.3) is 0 Å². The van der Waals surface area contributed by atoms with E-state index in [1.165, 1.54) is 0 Å². The van der Waals surface area contributed by atoms with Gasteiger partial charge in [-0.2, -0.15) is 21.6 Å². The van der Waals surface area contributed by atoms with Gasteiger partial charge >= 0.3 is 40.6 Å². The van der Waals surface area contributed by atoms with Crippen LogP contribution in [0.25, 0.3) is 0 Å². The predicted octanol–water partition coefficient (Wildman–Crippen LogP) is 1.54. The molecule has 0 aliphatic rings. The van der Waals surface area contributed by atoms with E-state index in [1.807, 2.05) is 0 Å². The van der Waals surface area contributed by atoms with Gasteiger partial charge in [-0.3, -0.25) is 0 Å². The van der Waals surface area contributed by atoms with Crippen LogP contribution in [0.2, 0.25) is 0 Å². The van der Waals surface area contributed by atoms with E-state index < -0.39 is 27.6 Å². The first-order chi connectivity index (χ1) is 8.12. The molecule has 1 aromatic carbocycles. The van der Waals surface area contributed by atoms with Crippen molar-refractivity contribution in [3.8, 4) is 5.75 Å². The molecular formula is C8H5F4LiO5S. The van der Waals surface area contributed by atoms with Crippen molar-refractivity contribution in [3.05, 3.63) is 30.1 Å². The molecule has 1 aromatic rings. The molecule has 0 atom stereocenters. The van der Waals surface area contributed by atoms with E-state index in [9.17, 15) is 30.8 Å². The predicted molar refractivity (Wildman–Crippen MR) is 55.6 cm³/mol. The molecule has 0 amide bonds. The zero-order chi connectivity index (χ0) is 14.0. The maximum atomic E-state index is 12.4. The molecular weight excluding hydrogens is 291 g/mol. The van der Waals surface area contributed by atoms with Crippen molar-refractivity contribution in [2.45, 2.75) is 5.51 Å². The van der Waals surface area contributed by atoms with Crippen LogP contribution in [-0.4, -0.2) is 38.9 Å². The Morgan fingerprint density at radius 3 is 2.00 bits per heavy atom. The Morgan fingerprint density at radius 1 is 1.11 bits per heavy atom. The van der Waals surface area contributed by atoms with E-state index >= 15 is 0 Å². The second-order valence-electron chi connectivity index (χ2n) is 2.79. The fourth-order valence-electron chi connectivity index (χ4n) is 0.753. The third-order valence-corrected chi connectivity index (χ3v) is 2.40. The quantitative estimate of drug-likeness (QED) is 0.207. The topological polar surface area (TPSA) is 69.7 Å². The van der Waals surface area contributed by atoms with E-state index in [2.05, 4.69) is 8.92 Å². The van der Waals surface area contributed by atoms with Gasteiger partial charge in [0.1, 0.15) is 11.6 Å². The van der Waals surface area contributed by atoms with Gasteiger partial charge in [0, 0.05) is 0 Å². The molecule has 5 nitrogen and oxygen atoms in total. The van der Waals surface area contributed by atoms with Crippen molar-refractivity contribution in [1.29, 1.82) is 0 Å². The molecule has 0 aromatic heterocycles. The fraction of sp³-hybridized carbons (Fsp3) is 0.125. The number of benzene rings is 1. The Hall–Kier alpha value is -1.24. The average molecular weight is 296 g/mol. The molecule has 1 rings (SSSR count). The molecule has 19 heavy (non-hydrogen) atoms. The molecule has 11 heteroatoms. The van der Waals surface area contributed by atoms with Crippen LogP contribution in [0.1, 0.15) is 0 Å². The SMILES string of the molecule is O=C(Oc1ccc(F)cc1)OS(=O)(=O)C(F)(F)F.[LiH]. The summed E-state index contributed by atoms with van der Waals surface area (Å²) in [5.74, 6) is -1.06. The number of hydrogen-bond donors (Lipinski definition) is 0. The van der Waals surface area contributed by atoms with Gasteiger partial charge < -0.3 is 8.92 Å². The van der Waals surface area contributed by atoms with Gasteiger partial charge in [-0.15, -0.1) is 0 Å². The Balaban J connectivity index is 0.00000324. The Kier molecular flexibility index (Phi) is 5.86. The summed E-state index contributed by atoms with van der Waals surface area (Å²) in [4.78, 5) is 10.7. The minimum absolute atomic E-state index is 0. The molecule has 102 valence electrons. The summed E-state index contributed by atoms with van der Waals surface area (Å²) >= 11 is 0. The van der Waals surface area contributed by atoms with Crippen LogP contribution >= 0.6 is 0 Å². The van der Waals surface area contributed by atoms with E-state index in [0.29, 0.717) is 0 Å². The van der Waals surface area contributed by atoms with Gasteiger partial charge in [0.15, 0.2) is 0 Å². The van der Waals surface area contributed by atoms with Crippen LogP contribution in [0.5, 0.6) is 5.75 Å². The van der Waals surface area contributed by atoms with Crippen LogP contribution < -0.4 is 4.74 Å². The molecule has 0 saturated heterocycles. The van der Waals surface area contributed by atoms with Gasteiger partial charge in [0.05, 0.1) is 0 Å². The van der Waals surface area contributed by atoms with E-state index in [0.717, 1.165) is 24.3 Å². The molecule has 0 N–H and O–H groups in total. The summed E-state index contributed by atoms with van der Waals surface area (Å²) in [6.07, 6.45) is -2.10. The first kappa shape index (κ1) is 17.8. The minimum atomic E-state index is -6.07. The Morgan fingerprint density at radius 2 is 1.58 bits per heavy atom. The van der Waals surface area contributed by atoms with E-state index in [1.54, 1.807) is 0 Å². The molecule has 0 spiro atoms. The maximum absolute atomic E-state index is 12.4. The number of hydrogen-bond acceptors (Lipinski definition) is 5. The summed E-state index contributed by atoms with van der Waals surface area (Å²) in [6.45, 7) is 0. The third kappa shape index (κ3) is 5.10. The standard InChI is InChI=1S/C8H4F4O5S.Li.H/c9-5-1-3-6(4-2-5)16-7(13)17-18(14,15)8(10,11)12;;/h1-4H;;. The number of rotatable bonds is 2. The van der Waals surface area contributed by atoms with E-state index in [-0.39, 0.29) is 24.6 Å². The van der Waals surface area contributed by atoms with Crippen LogP contribution in [0, 0.1) is 5.82 Å². The van der Waals surface area contributed by atoms with Crippen molar-refractivity contribution in [1.82, 2.24) is 0 Å². The third-order valence-electron chi connectivity index (χ3n) is 1.48. The van der Waals surface area contributed by atoms with Crippen molar-refractivity contribution in [3.63, 3.8) is 0 Å². The molecule has 0 unspecified atom stereocenters. The number of carbonyl (C=O) groups is 1. The van der Waals surface area contributed by atoms with Crippen LogP contribution in [0.3, 0.4) is 0 Å². The summed E-state index contributed by atoms with van der Waals surface area (Å²) in [5.41, 5.74) is -5.74. The monoisotopic (exact) mass is 296 g/mol. The molecule has 0 fully saturated rings. The second-order valence-corrected chi connectivity index (χ2v) is 4.33. The second kappa shape index (κ2) is 6.27. The number of ether oxygens (including phenoxy) is 1. The summed E-state index contributed by atoms with van der Waals surface area (Å²) in [6, 6.07) is 3.50. The van der Waals surface area contributed by atoms with Gasteiger partial charge in [-0.05, 0) is 24.3 Å². The van der Waals surface area contributed by atoms with E-state index in [4.69, 9.17) is 0 Å². The van der Waals surface area contributed by atoms with Gasteiger partial charge in [-0.1, -0.05) is 0 Å². The van der Waals surface area contributed by atoms with Gasteiger partial charge in [-0.25, -0.2) is 9.18 Å². The Bertz CT molecular complexity index is 539. The number of halogens is 4. The average Bonchev–Trinajstić information content (AvgIpc) is 2.19.